The number of rotatable bonds is 8. The van der Waals surface area contributed by atoms with E-state index in [0.29, 0.717) is 54.5 Å². The van der Waals surface area contributed by atoms with Gasteiger partial charge in [-0.15, -0.1) is 0 Å². The Morgan fingerprint density at radius 2 is 1.88 bits per heavy atom. The van der Waals surface area contributed by atoms with Gasteiger partial charge in [0.1, 0.15) is 18.4 Å². The quantitative estimate of drug-likeness (QED) is 0.407. The zero-order valence-corrected chi connectivity index (χ0v) is 25.0. The van der Waals surface area contributed by atoms with Crippen molar-refractivity contribution in [3.8, 4) is 5.75 Å². The molecule has 1 saturated heterocycles. The lowest BCUT2D eigenvalue weighted by molar-refractivity contribution is -0.873. The number of aromatic nitrogens is 1. The molecule has 1 N–H and O–H groups in total. The summed E-state index contributed by atoms with van der Waals surface area (Å²) < 4.78 is 13.0. The summed E-state index contributed by atoms with van der Waals surface area (Å²) in [5, 5.41) is 10.1. The summed E-state index contributed by atoms with van der Waals surface area (Å²) in [6.07, 6.45) is 0.402. The number of hydrogen-bond donors (Lipinski definition) is 1. The fourth-order valence-electron chi connectivity index (χ4n) is 6.00. The molecule has 11 heteroatoms. The number of amides is 2. The molecule has 2 amide bonds. The van der Waals surface area contributed by atoms with Crippen LogP contribution < -0.4 is 9.64 Å². The van der Waals surface area contributed by atoms with E-state index in [9.17, 15) is 19.5 Å². The van der Waals surface area contributed by atoms with E-state index < -0.39 is 11.4 Å². The summed E-state index contributed by atoms with van der Waals surface area (Å²) in [5.74, 6) is -1.00. The monoisotopic (exact) mass is 581 g/mol. The molecule has 0 spiro atoms. The number of carboxylic acid groups (broad SMARTS) is 1. The number of likely N-dealkylation sites (N-methyl/N-ethyl adjacent to an activating group) is 1. The first-order chi connectivity index (χ1) is 19.4. The predicted octanol–water partition coefficient (Wildman–Crippen LogP) is 3.07. The van der Waals surface area contributed by atoms with E-state index in [1.165, 1.54) is 23.3 Å². The van der Waals surface area contributed by atoms with Gasteiger partial charge in [-0.2, -0.15) is 0 Å². The zero-order chi connectivity index (χ0) is 29.5. The number of fused-ring (bicyclic) bond motifs is 2. The number of hydrogen-bond acceptors (Lipinski definition) is 7. The van der Waals surface area contributed by atoms with Crippen molar-refractivity contribution in [2.75, 3.05) is 66.4 Å². The second kappa shape index (κ2) is 11.0. The first-order valence-corrected chi connectivity index (χ1v) is 14.5. The topological polar surface area (TPSA) is 109 Å². The molecule has 2 heterocycles. The highest BCUT2D eigenvalue weighted by atomic mass is 32.1. The smallest absolute Gasteiger partial charge is 0.304 e. The van der Waals surface area contributed by atoms with Gasteiger partial charge in [0.15, 0.2) is 5.13 Å². The Balaban J connectivity index is 1.42. The minimum absolute atomic E-state index is 0.0622. The molecular formula is C30H37N4O6S+. The van der Waals surface area contributed by atoms with Crippen molar-refractivity contribution >= 4 is 44.5 Å². The highest BCUT2D eigenvalue weighted by Gasteiger charge is 2.47. The van der Waals surface area contributed by atoms with Gasteiger partial charge in [0.25, 0.3) is 5.91 Å². The molecule has 1 atom stereocenters. The Kier molecular flexibility index (Phi) is 7.80. The third-order valence-electron chi connectivity index (χ3n) is 7.82. The normalized spacial score (nSPS) is 18.3. The summed E-state index contributed by atoms with van der Waals surface area (Å²) in [6, 6.07) is 11.2. The zero-order valence-electron chi connectivity index (χ0n) is 24.2. The van der Waals surface area contributed by atoms with Crippen LogP contribution in [0, 0.1) is 5.41 Å². The molecule has 1 aliphatic carbocycles. The molecular weight excluding hydrogens is 544 g/mol. The van der Waals surface area contributed by atoms with Gasteiger partial charge in [-0.25, -0.2) is 4.98 Å². The molecule has 1 fully saturated rings. The SMILES string of the molecule is COc1cc2sc(N(C)C(=O)C3(CC(=O)O)Cc4ccccc4C3)nc2cc1C(=O)N1CCOC(C[N+](C)(C)C)C1. The number of carboxylic acids is 1. The van der Waals surface area contributed by atoms with Crippen molar-refractivity contribution in [1.82, 2.24) is 9.88 Å². The highest BCUT2D eigenvalue weighted by molar-refractivity contribution is 7.22. The van der Waals surface area contributed by atoms with E-state index in [1.54, 1.807) is 24.1 Å². The first-order valence-electron chi connectivity index (χ1n) is 13.7. The van der Waals surface area contributed by atoms with Crippen molar-refractivity contribution in [3.63, 3.8) is 0 Å². The number of carbonyl (C=O) groups is 3. The molecule has 0 saturated carbocycles. The molecule has 3 aromatic rings. The van der Waals surface area contributed by atoms with Gasteiger partial charge in [-0.3, -0.25) is 19.3 Å². The van der Waals surface area contributed by atoms with E-state index in [1.807, 2.05) is 24.3 Å². The molecule has 218 valence electrons. The van der Waals surface area contributed by atoms with Gasteiger partial charge in [-0.05, 0) is 30.0 Å². The van der Waals surface area contributed by atoms with Crippen LogP contribution in [0.1, 0.15) is 27.9 Å². The van der Waals surface area contributed by atoms with Crippen LogP contribution in [0.4, 0.5) is 5.13 Å². The lowest BCUT2D eigenvalue weighted by Crippen LogP contribution is -2.52. The third kappa shape index (κ3) is 5.93. The average Bonchev–Trinajstić information content (AvgIpc) is 3.51. The number of ether oxygens (including phenoxy) is 2. The number of nitrogens with zero attached hydrogens (tertiary/aromatic N) is 4. The number of thiazole rings is 1. The lowest BCUT2D eigenvalue weighted by Gasteiger charge is -2.36. The Morgan fingerprint density at radius 3 is 2.49 bits per heavy atom. The van der Waals surface area contributed by atoms with E-state index >= 15 is 0 Å². The first kappa shape index (κ1) is 29.0. The van der Waals surface area contributed by atoms with Crippen LogP contribution in [0.2, 0.25) is 0 Å². The molecule has 10 nitrogen and oxygen atoms in total. The molecule has 1 aliphatic heterocycles. The van der Waals surface area contributed by atoms with Crippen LogP contribution in [-0.2, 0) is 27.2 Å². The number of carbonyl (C=O) groups excluding carboxylic acids is 2. The number of morpholine rings is 1. The summed E-state index contributed by atoms with van der Waals surface area (Å²) in [5.41, 5.74) is 1.90. The van der Waals surface area contributed by atoms with E-state index in [0.717, 1.165) is 26.9 Å². The minimum Gasteiger partial charge on any atom is -0.496 e. The number of aliphatic carboxylic acids is 1. The van der Waals surface area contributed by atoms with E-state index in [-0.39, 0.29) is 24.3 Å². The highest BCUT2D eigenvalue weighted by Crippen LogP contribution is 2.43. The summed E-state index contributed by atoms with van der Waals surface area (Å²) in [6.45, 7) is 2.23. The van der Waals surface area contributed by atoms with Gasteiger partial charge in [0, 0.05) is 19.7 Å². The molecule has 2 aromatic carbocycles. The van der Waals surface area contributed by atoms with E-state index in [2.05, 4.69) is 21.1 Å². The number of methoxy groups -OCH3 is 1. The summed E-state index contributed by atoms with van der Waals surface area (Å²) >= 11 is 1.31. The second-order valence-electron chi connectivity index (χ2n) is 12.1. The Morgan fingerprint density at radius 1 is 1.20 bits per heavy atom. The summed E-state index contributed by atoms with van der Waals surface area (Å²) in [7, 11) is 9.45. The van der Waals surface area contributed by atoms with Gasteiger partial charge in [0.2, 0.25) is 5.91 Å². The van der Waals surface area contributed by atoms with Gasteiger partial charge < -0.3 is 24.0 Å². The van der Waals surface area contributed by atoms with Crippen LogP contribution in [0.25, 0.3) is 10.2 Å². The Bertz CT molecular complexity index is 1470. The maximum atomic E-state index is 13.9. The van der Waals surface area contributed by atoms with Gasteiger partial charge in [0.05, 0.1) is 69.0 Å². The van der Waals surface area contributed by atoms with Crippen LogP contribution in [0.5, 0.6) is 5.75 Å². The van der Waals surface area contributed by atoms with Crippen molar-refractivity contribution in [2.45, 2.75) is 25.4 Å². The maximum absolute atomic E-state index is 13.9. The maximum Gasteiger partial charge on any atom is 0.304 e. The van der Waals surface area contributed by atoms with Crippen LogP contribution in [-0.4, -0.2) is 105 Å². The van der Waals surface area contributed by atoms with Crippen molar-refractivity contribution in [3.05, 3.63) is 53.1 Å². The lowest BCUT2D eigenvalue weighted by atomic mass is 9.80. The molecule has 0 bridgehead atoms. The standard InChI is InChI=1S/C30H36N4O6S/c1-32(28(38)30(16-26(35)36)14-19-8-6-7-9-20(19)15-30)29-31-23-12-22(24(39-5)13-25(23)41-29)27(37)33-10-11-40-21(17-33)18-34(2,3)4/h6-9,12-13,21H,10-11,14-18H2,1-5H3/p+1. The largest absolute Gasteiger partial charge is 0.496 e. The predicted molar refractivity (Wildman–Crippen MR) is 157 cm³/mol. The Hall–Kier alpha value is -3.54. The van der Waals surface area contributed by atoms with Gasteiger partial charge in [-0.1, -0.05) is 35.6 Å². The minimum atomic E-state index is -1.08. The second-order valence-corrected chi connectivity index (χ2v) is 13.1. The molecule has 0 radical (unpaired) electrons. The Labute approximate surface area is 243 Å². The number of anilines is 1. The molecule has 5 rings (SSSR count). The molecule has 2 aliphatic rings. The number of quaternary nitrogens is 1. The van der Waals surface area contributed by atoms with Gasteiger partial charge >= 0.3 is 5.97 Å². The van der Waals surface area contributed by atoms with Crippen molar-refractivity contribution < 1.29 is 33.4 Å². The summed E-state index contributed by atoms with van der Waals surface area (Å²) in [4.78, 5) is 47.4. The molecule has 41 heavy (non-hydrogen) atoms. The fourth-order valence-corrected chi connectivity index (χ4v) is 6.93. The fraction of sp³-hybridized carbons (Fsp3) is 0.467. The molecule has 1 unspecified atom stereocenters. The number of benzene rings is 2. The average molecular weight is 582 g/mol. The van der Waals surface area contributed by atoms with Crippen LogP contribution >= 0.6 is 11.3 Å². The van der Waals surface area contributed by atoms with Crippen LogP contribution in [0.15, 0.2) is 36.4 Å². The molecule has 1 aromatic heterocycles. The van der Waals surface area contributed by atoms with E-state index in [4.69, 9.17) is 14.5 Å². The third-order valence-corrected chi connectivity index (χ3v) is 8.91. The van der Waals surface area contributed by atoms with Crippen LogP contribution in [0.3, 0.4) is 0 Å². The van der Waals surface area contributed by atoms with Crippen molar-refractivity contribution in [1.29, 1.82) is 0 Å². The van der Waals surface area contributed by atoms with Crippen molar-refractivity contribution in [2.24, 2.45) is 5.41 Å².